The third kappa shape index (κ3) is 3.44. The van der Waals surface area contributed by atoms with Crippen molar-refractivity contribution in [3.8, 4) is 0 Å². The molecule has 4 heteroatoms. The van der Waals surface area contributed by atoms with Crippen LogP contribution in [0.15, 0.2) is 12.1 Å². The lowest BCUT2D eigenvalue weighted by Crippen LogP contribution is -2.51. The number of ether oxygens (including phenoxy) is 1. The topological polar surface area (TPSA) is 55.4 Å². The first-order valence-electron chi connectivity index (χ1n) is 9.93. The zero-order chi connectivity index (χ0) is 18.9. The van der Waals surface area contributed by atoms with Gasteiger partial charge in [-0.25, -0.2) is 0 Å². The van der Waals surface area contributed by atoms with Crippen LogP contribution in [0.25, 0.3) is 0 Å². The molecule has 1 unspecified atom stereocenters. The molecule has 1 aliphatic carbocycles. The Morgan fingerprint density at radius 3 is 2.54 bits per heavy atom. The monoisotopic (exact) mass is 357 g/mol. The van der Waals surface area contributed by atoms with Crippen molar-refractivity contribution in [3.05, 3.63) is 34.4 Å². The van der Waals surface area contributed by atoms with E-state index < -0.39 is 11.5 Å². The lowest BCUT2D eigenvalue weighted by Gasteiger charge is -2.36. The van der Waals surface area contributed by atoms with Crippen LogP contribution in [0.1, 0.15) is 73.6 Å². The van der Waals surface area contributed by atoms with Crippen LogP contribution in [0.3, 0.4) is 0 Å². The zero-order valence-electron chi connectivity index (χ0n) is 16.5. The van der Waals surface area contributed by atoms with E-state index in [9.17, 15) is 9.59 Å². The summed E-state index contributed by atoms with van der Waals surface area (Å²) in [4.78, 5) is 26.3. The molecular formula is C22H31NO3. The molecule has 3 rings (SSSR count). The maximum absolute atomic E-state index is 13.4. The Morgan fingerprint density at radius 1 is 1.19 bits per heavy atom. The Kier molecular flexibility index (Phi) is 5.52. The Labute approximate surface area is 156 Å². The number of Topliss-reactive ketones (excluding diaryl/α,β-unsaturated/α-hetero) is 1. The van der Waals surface area contributed by atoms with Crippen LogP contribution in [-0.4, -0.2) is 29.9 Å². The standard InChI is InChI=1S/C22H31NO3/c1-5-6-10-26-17-8-7-9-22(13-17)20(24)19(21(25)23-22)18-15(3)11-14(2)12-16(18)4/h11-12,17,19H,5-10,13H2,1-4H3,(H,23,25)/t17-,19?,22+/m0/s1. The third-order valence-corrected chi connectivity index (χ3v) is 5.94. The van der Waals surface area contributed by atoms with E-state index in [1.807, 2.05) is 20.8 Å². The molecule has 1 aliphatic heterocycles. The van der Waals surface area contributed by atoms with Crippen molar-refractivity contribution in [2.24, 2.45) is 0 Å². The van der Waals surface area contributed by atoms with Crippen molar-refractivity contribution < 1.29 is 14.3 Å². The molecule has 1 aromatic rings. The van der Waals surface area contributed by atoms with Gasteiger partial charge in [-0.05, 0) is 63.1 Å². The van der Waals surface area contributed by atoms with Crippen LogP contribution < -0.4 is 5.32 Å². The van der Waals surface area contributed by atoms with Gasteiger partial charge in [0.15, 0.2) is 5.78 Å². The fourth-order valence-electron chi connectivity index (χ4n) is 4.77. The van der Waals surface area contributed by atoms with Crippen LogP contribution in [-0.2, 0) is 14.3 Å². The highest BCUT2D eigenvalue weighted by molar-refractivity contribution is 6.17. The van der Waals surface area contributed by atoms with Crippen molar-refractivity contribution in [3.63, 3.8) is 0 Å². The molecular weight excluding hydrogens is 326 g/mol. The minimum Gasteiger partial charge on any atom is -0.378 e. The summed E-state index contributed by atoms with van der Waals surface area (Å²) in [7, 11) is 0. The number of ketones is 1. The highest BCUT2D eigenvalue weighted by Gasteiger charge is 2.55. The number of carbonyl (C=O) groups is 2. The van der Waals surface area contributed by atoms with E-state index in [1.165, 1.54) is 0 Å². The molecule has 1 N–H and O–H groups in total. The van der Waals surface area contributed by atoms with E-state index in [-0.39, 0.29) is 17.8 Å². The van der Waals surface area contributed by atoms with Gasteiger partial charge in [0, 0.05) is 13.0 Å². The smallest absolute Gasteiger partial charge is 0.235 e. The van der Waals surface area contributed by atoms with Crippen molar-refractivity contribution in [1.82, 2.24) is 5.32 Å². The van der Waals surface area contributed by atoms with Crippen molar-refractivity contribution >= 4 is 11.7 Å². The van der Waals surface area contributed by atoms with Gasteiger partial charge in [-0.2, -0.15) is 0 Å². The van der Waals surface area contributed by atoms with E-state index >= 15 is 0 Å². The molecule has 1 saturated carbocycles. The largest absolute Gasteiger partial charge is 0.378 e. The van der Waals surface area contributed by atoms with Gasteiger partial charge in [0.05, 0.1) is 6.10 Å². The van der Waals surface area contributed by atoms with Gasteiger partial charge in [0.1, 0.15) is 11.5 Å². The lowest BCUT2D eigenvalue weighted by molar-refractivity contribution is -0.127. The van der Waals surface area contributed by atoms with Crippen LogP contribution in [0.4, 0.5) is 0 Å². The fraction of sp³-hybridized carbons (Fsp3) is 0.636. The summed E-state index contributed by atoms with van der Waals surface area (Å²) in [5.41, 5.74) is 3.37. The minimum absolute atomic E-state index is 0.0429. The predicted molar refractivity (Wildman–Crippen MR) is 102 cm³/mol. The molecule has 1 spiro atoms. The second-order valence-electron chi connectivity index (χ2n) is 8.12. The Morgan fingerprint density at radius 2 is 1.88 bits per heavy atom. The van der Waals surface area contributed by atoms with Gasteiger partial charge in [-0.3, -0.25) is 9.59 Å². The number of hydrogen-bond donors (Lipinski definition) is 1. The van der Waals surface area contributed by atoms with Crippen LogP contribution in [0, 0.1) is 20.8 Å². The Hall–Kier alpha value is -1.68. The number of unbranched alkanes of at least 4 members (excludes halogenated alkanes) is 1. The number of rotatable bonds is 5. The van der Waals surface area contributed by atoms with Gasteiger partial charge in [0.2, 0.25) is 5.91 Å². The number of amides is 1. The van der Waals surface area contributed by atoms with Gasteiger partial charge >= 0.3 is 0 Å². The highest BCUT2D eigenvalue weighted by atomic mass is 16.5. The quantitative estimate of drug-likeness (QED) is 0.642. The first-order valence-corrected chi connectivity index (χ1v) is 9.93. The summed E-state index contributed by atoms with van der Waals surface area (Å²) in [6.07, 6.45) is 5.44. The van der Waals surface area contributed by atoms with E-state index in [4.69, 9.17) is 4.74 Å². The molecule has 1 aromatic carbocycles. The van der Waals surface area contributed by atoms with E-state index in [2.05, 4.69) is 24.4 Å². The molecule has 0 aromatic heterocycles. The molecule has 0 radical (unpaired) electrons. The predicted octanol–water partition coefficient (Wildman–Crippen LogP) is 3.89. The molecule has 1 amide bonds. The number of hydrogen-bond acceptors (Lipinski definition) is 3. The average molecular weight is 357 g/mol. The van der Waals surface area contributed by atoms with Crippen LogP contribution in [0.2, 0.25) is 0 Å². The van der Waals surface area contributed by atoms with Crippen molar-refractivity contribution in [2.75, 3.05) is 6.61 Å². The molecule has 2 fully saturated rings. The van der Waals surface area contributed by atoms with Gasteiger partial charge < -0.3 is 10.1 Å². The van der Waals surface area contributed by atoms with Crippen LogP contribution >= 0.6 is 0 Å². The fourth-order valence-corrected chi connectivity index (χ4v) is 4.77. The summed E-state index contributed by atoms with van der Waals surface area (Å²) in [5, 5.41) is 3.09. The average Bonchev–Trinajstić information content (AvgIpc) is 2.79. The molecule has 0 bridgehead atoms. The maximum atomic E-state index is 13.4. The second kappa shape index (κ2) is 7.51. The van der Waals surface area contributed by atoms with E-state index in [0.29, 0.717) is 6.42 Å². The van der Waals surface area contributed by atoms with Crippen molar-refractivity contribution in [1.29, 1.82) is 0 Å². The highest BCUT2D eigenvalue weighted by Crippen LogP contribution is 2.41. The molecule has 3 atom stereocenters. The maximum Gasteiger partial charge on any atom is 0.235 e. The normalized spacial score (nSPS) is 28.6. The SMILES string of the molecule is CCCCO[C@H]1CCC[C@]2(C1)NC(=O)C(c1c(C)cc(C)cc1C)C2=O. The van der Waals surface area contributed by atoms with E-state index in [1.54, 1.807) is 0 Å². The number of nitrogens with one attached hydrogen (secondary N) is 1. The summed E-state index contributed by atoms with van der Waals surface area (Å²) in [6, 6.07) is 4.12. The van der Waals surface area contributed by atoms with Gasteiger partial charge in [-0.1, -0.05) is 31.0 Å². The van der Waals surface area contributed by atoms with Crippen molar-refractivity contribution in [2.45, 2.75) is 83.8 Å². The first kappa shape index (κ1) is 19.1. The van der Waals surface area contributed by atoms with Gasteiger partial charge in [0.25, 0.3) is 0 Å². The summed E-state index contributed by atoms with van der Waals surface area (Å²) >= 11 is 0. The second-order valence-corrected chi connectivity index (χ2v) is 8.12. The minimum atomic E-state index is -0.735. The number of carbonyl (C=O) groups excluding carboxylic acids is 2. The van der Waals surface area contributed by atoms with Gasteiger partial charge in [-0.15, -0.1) is 0 Å². The van der Waals surface area contributed by atoms with E-state index in [0.717, 1.165) is 61.0 Å². The molecule has 142 valence electrons. The molecule has 4 nitrogen and oxygen atoms in total. The summed E-state index contributed by atoms with van der Waals surface area (Å²) < 4.78 is 5.99. The lowest BCUT2D eigenvalue weighted by atomic mass is 9.74. The summed E-state index contributed by atoms with van der Waals surface area (Å²) in [6.45, 7) is 8.92. The Balaban J connectivity index is 1.85. The zero-order valence-corrected chi connectivity index (χ0v) is 16.5. The molecule has 1 heterocycles. The number of benzene rings is 1. The molecule has 2 aliphatic rings. The number of aryl methyl sites for hydroxylation is 3. The molecule has 1 saturated heterocycles. The summed E-state index contributed by atoms with van der Waals surface area (Å²) in [5.74, 6) is -0.773. The van der Waals surface area contributed by atoms with Crippen LogP contribution in [0.5, 0.6) is 0 Å². The Bertz CT molecular complexity index is 688. The first-order chi connectivity index (χ1) is 12.4. The molecule has 26 heavy (non-hydrogen) atoms. The third-order valence-electron chi connectivity index (χ3n) is 5.94.